The van der Waals surface area contributed by atoms with E-state index in [0.29, 0.717) is 38.1 Å². The molecular weight excluding hydrogens is 367 g/mol. The van der Waals surface area contributed by atoms with Gasteiger partial charge in [0.1, 0.15) is 17.3 Å². The van der Waals surface area contributed by atoms with Crippen LogP contribution in [0.4, 0.5) is 4.39 Å². The lowest BCUT2D eigenvalue weighted by atomic mass is 10.1. The molecule has 0 fully saturated rings. The fourth-order valence-corrected chi connectivity index (χ4v) is 2.85. The summed E-state index contributed by atoms with van der Waals surface area (Å²) in [6, 6.07) is 9.22. The molecule has 6 heteroatoms. The number of hydrogen-bond acceptors (Lipinski definition) is 4. The van der Waals surface area contributed by atoms with Gasteiger partial charge in [0, 0.05) is 11.5 Å². The van der Waals surface area contributed by atoms with E-state index >= 15 is 0 Å². The van der Waals surface area contributed by atoms with Gasteiger partial charge in [-0.1, -0.05) is 0 Å². The van der Waals surface area contributed by atoms with Gasteiger partial charge >= 0.3 is 5.63 Å². The Labute approximate surface area is 139 Å². The van der Waals surface area contributed by atoms with Crippen molar-refractivity contribution in [2.75, 3.05) is 14.2 Å². The summed E-state index contributed by atoms with van der Waals surface area (Å²) in [5.41, 5.74) is 0.638. The van der Waals surface area contributed by atoms with Crippen molar-refractivity contribution in [1.82, 2.24) is 0 Å². The van der Waals surface area contributed by atoms with E-state index in [1.54, 1.807) is 24.3 Å². The van der Waals surface area contributed by atoms with Crippen LogP contribution in [0.25, 0.3) is 22.1 Å². The summed E-state index contributed by atoms with van der Waals surface area (Å²) in [5.74, 6) is 0.658. The van der Waals surface area contributed by atoms with E-state index in [9.17, 15) is 9.18 Å². The smallest absolute Gasteiger partial charge is 0.344 e. The van der Waals surface area contributed by atoms with Gasteiger partial charge in [-0.3, -0.25) is 0 Å². The van der Waals surface area contributed by atoms with Gasteiger partial charge in [0.25, 0.3) is 0 Å². The van der Waals surface area contributed by atoms with Crippen molar-refractivity contribution in [3.63, 3.8) is 0 Å². The molecule has 0 unspecified atom stereocenters. The Balaban J connectivity index is 2.28. The number of halogens is 2. The van der Waals surface area contributed by atoms with E-state index in [4.69, 9.17) is 13.9 Å². The molecule has 0 saturated heterocycles. The number of ether oxygens (including phenoxy) is 2. The minimum atomic E-state index is -0.528. The summed E-state index contributed by atoms with van der Waals surface area (Å²) >= 11 is 3.20. The molecule has 0 atom stereocenters. The summed E-state index contributed by atoms with van der Waals surface area (Å²) in [5, 5.41) is 0.480. The molecule has 0 amide bonds. The Hall–Kier alpha value is -2.34. The van der Waals surface area contributed by atoms with Gasteiger partial charge in [0.05, 0.1) is 24.3 Å². The van der Waals surface area contributed by atoms with Crippen molar-refractivity contribution in [2.45, 2.75) is 0 Å². The van der Waals surface area contributed by atoms with Crippen LogP contribution in [0.3, 0.4) is 0 Å². The molecule has 0 aliphatic heterocycles. The fourth-order valence-electron chi connectivity index (χ4n) is 2.32. The summed E-state index contributed by atoms with van der Waals surface area (Å²) in [4.78, 5) is 12.3. The second-order valence-corrected chi connectivity index (χ2v) is 5.71. The third-order valence-corrected chi connectivity index (χ3v) is 4.00. The average Bonchev–Trinajstić information content (AvgIpc) is 2.54. The third kappa shape index (κ3) is 2.94. The first-order chi connectivity index (χ1) is 11.0. The monoisotopic (exact) mass is 378 g/mol. The second-order valence-electron chi connectivity index (χ2n) is 4.85. The molecule has 0 N–H and O–H groups in total. The van der Waals surface area contributed by atoms with Crippen molar-refractivity contribution in [1.29, 1.82) is 0 Å². The highest BCUT2D eigenvalue weighted by Crippen LogP contribution is 2.31. The maximum atomic E-state index is 13.6. The molecule has 0 radical (unpaired) electrons. The van der Waals surface area contributed by atoms with Crippen molar-refractivity contribution >= 4 is 26.9 Å². The average molecular weight is 379 g/mol. The Morgan fingerprint density at radius 3 is 2.26 bits per heavy atom. The summed E-state index contributed by atoms with van der Waals surface area (Å²) in [7, 11) is 3.04. The molecule has 1 aromatic heterocycles. The van der Waals surface area contributed by atoms with Crippen molar-refractivity contribution in [2.24, 2.45) is 0 Å². The van der Waals surface area contributed by atoms with Gasteiger partial charge in [-0.2, -0.15) is 0 Å². The fraction of sp³-hybridized carbons (Fsp3) is 0.118. The topological polar surface area (TPSA) is 48.7 Å². The van der Waals surface area contributed by atoms with Gasteiger partial charge in [0.15, 0.2) is 5.58 Å². The van der Waals surface area contributed by atoms with Crippen LogP contribution in [0.5, 0.6) is 11.5 Å². The number of methoxy groups -OCH3 is 2. The SMILES string of the molecule is COc1cc(OC)cc(-c2cc3cc(F)cc(Br)c3oc2=O)c1. The first kappa shape index (κ1) is 15.6. The zero-order chi connectivity index (χ0) is 16.6. The van der Waals surface area contributed by atoms with Gasteiger partial charge in [-0.15, -0.1) is 0 Å². The molecule has 4 nitrogen and oxygen atoms in total. The molecule has 2 aromatic carbocycles. The van der Waals surface area contributed by atoms with E-state index in [0.717, 1.165) is 0 Å². The normalized spacial score (nSPS) is 10.8. The highest BCUT2D eigenvalue weighted by molar-refractivity contribution is 9.10. The minimum Gasteiger partial charge on any atom is -0.497 e. The molecule has 0 spiro atoms. The Bertz CT molecular complexity index is 927. The quantitative estimate of drug-likeness (QED) is 0.634. The van der Waals surface area contributed by atoms with Crippen LogP contribution in [0, 0.1) is 5.82 Å². The van der Waals surface area contributed by atoms with Gasteiger partial charge in [0.2, 0.25) is 0 Å². The Morgan fingerprint density at radius 2 is 1.65 bits per heavy atom. The predicted molar refractivity (Wildman–Crippen MR) is 88.7 cm³/mol. The van der Waals surface area contributed by atoms with E-state index < -0.39 is 11.4 Å². The van der Waals surface area contributed by atoms with Crippen molar-refractivity contribution in [3.8, 4) is 22.6 Å². The summed E-state index contributed by atoms with van der Waals surface area (Å²) in [6.45, 7) is 0. The largest absolute Gasteiger partial charge is 0.497 e. The van der Waals surface area contributed by atoms with E-state index in [1.165, 1.54) is 26.4 Å². The van der Waals surface area contributed by atoms with Gasteiger partial charge < -0.3 is 13.9 Å². The zero-order valence-corrected chi connectivity index (χ0v) is 13.9. The molecule has 118 valence electrons. The lowest BCUT2D eigenvalue weighted by Crippen LogP contribution is -2.03. The number of benzene rings is 2. The van der Waals surface area contributed by atoms with Gasteiger partial charge in [-0.25, -0.2) is 9.18 Å². The number of fused-ring (bicyclic) bond motifs is 1. The second kappa shape index (κ2) is 6.04. The number of hydrogen-bond donors (Lipinski definition) is 0. The number of rotatable bonds is 3. The van der Waals surface area contributed by atoms with E-state index in [-0.39, 0.29) is 0 Å². The molecule has 3 aromatic rings. The first-order valence-corrected chi connectivity index (χ1v) is 7.47. The molecule has 1 heterocycles. The van der Waals surface area contributed by atoms with Crippen LogP contribution in [-0.2, 0) is 0 Å². The molecule has 23 heavy (non-hydrogen) atoms. The molecule has 3 rings (SSSR count). The van der Waals surface area contributed by atoms with Crippen molar-refractivity contribution < 1.29 is 18.3 Å². The third-order valence-electron chi connectivity index (χ3n) is 3.41. The highest BCUT2D eigenvalue weighted by atomic mass is 79.9. The van der Waals surface area contributed by atoms with Crippen LogP contribution in [0.15, 0.2) is 50.1 Å². The van der Waals surface area contributed by atoms with Gasteiger partial charge in [-0.05, 0) is 51.8 Å². The molecule has 0 bridgehead atoms. The summed E-state index contributed by atoms with van der Waals surface area (Å²) in [6.07, 6.45) is 0. The molecular formula is C17H12BrFO4. The van der Waals surface area contributed by atoms with Crippen molar-refractivity contribution in [3.05, 3.63) is 57.1 Å². The van der Waals surface area contributed by atoms with Crippen LogP contribution >= 0.6 is 15.9 Å². The summed E-state index contributed by atoms with van der Waals surface area (Å²) < 4.78 is 29.7. The van der Waals surface area contributed by atoms with Crippen LogP contribution in [0.2, 0.25) is 0 Å². The van der Waals surface area contributed by atoms with Crippen LogP contribution in [0.1, 0.15) is 0 Å². The minimum absolute atomic E-state index is 0.298. The van der Waals surface area contributed by atoms with Crippen LogP contribution < -0.4 is 15.1 Å². The predicted octanol–water partition coefficient (Wildman–Crippen LogP) is 4.38. The Kier molecular flexibility index (Phi) is 4.09. The molecule has 0 aliphatic rings. The lowest BCUT2D eigenvalue weighted by Gasteiger charge is -2.09. The first-order valence-electron chi connectivity index (χ1n) is 6.68. The maximum Gasteiger partial charge on any atom is 0.344 e. The maximum absolute atomic E-state index is 13.6. The standard InChI is InChI=1S/C17H12BrFO4/c1-21-12-4-9(5-13(8-12)22-2)14-6-10-3-11(19)7-15(18)16(10)23-17(14)20/h3-8H,1-2H3. The van der Waals surface area contributed by atoms with E-state index in [2.05, 4.69) is 15.9 Å². The molecule has 0 saturated carbocycles. The molecule has 0 aliphatic carbocycles. The lowest BCUT2D eigenvalue weighted by molar-refractivity contribution is 0.394. The van der Waals surface area contributed by atoms with Crippen LogP contribution in [-0.4, -0.2) is 14.2 Å². The zero-order valence-electron chi connectivity index (χ0n) is 12.4. The Morgan fingerprint density at radius 1 is 1.00 bits per heavy atom. The highest BCUT2D eigenvalue weighted by Gasteiger charge is 2.13. The van der Waals surface area contributed by atoms with E-state index in [1.807, 2.05) is 0 Å².